The third kappa shape index (κ3) is 5.68. The monoisotopic (exact) mass is 489 g/mol. The Morgan fingerprint density at radius 2 is 2.00 bits per heavy atom. The Hall–Kier alpha value is -2.16. The van der Waals surface area contributed by atoms with Gasteiger partial charge in [0, 0.05) is 23.2 Å². The number of hydrogen-bond donors (Lipinski definition) is 2. The van der Waals surface area contributed by atoms with Gasteiger partial charge in [0.05, 0.1) is 4.91 Å². The summed E-state index contributed by atoms with van der Waals surface area (Å²) in [6, 6.07) is 13.6. The van der Waals surface area contributed by atoms with E-state index in [-0.39, 0.29) is 17.7 Å². The molecule has 0 spiro atoms. The summed E-state index contributed by atoms with van der Waals surface area (Å²) in [5.74, 6) is -0.282. The van der Waals surface area contributed by atoms with E-state index in [0.29, 0.717) is 16.6 Å². The molecular formula is C21H20BrN3O2S2. The fraction of sp³-hybridized carbons (Fsp3) is 0.190. The van der Waals surface area contributed by atoms with Crippen LogP contribution in [0.4, 0.5) is 10.5 Å². The van der Waals surface area contributed by atoms with E-state index in [1.54, 1.807) is 6.08 Å². The van der Waals surface area contributed by atoms with Gasteiger partial charge in [0.1, 0.15) is 0 Å². The van der Waals surface area contributed by atoms with Crippen LogP contribution in [0.25, 0.3) is 6.08 Å². The number of benzene rings is 2. The number of imide groups is 1. The summed E-state index contributed by atoms with van der Waals surface area (Å²) in [6.07, 6.45) is 1.73. The average molecular weight is 490 g/mol. The van der Waals surface area contributed by atoms with Crippen molar-refractivity contribution in [1.29, 1.82) is 0 Å². The minimum Gasteiger partial charge on any atom is -0.361 e. The summed E-state index contributed by atoms with van der Waals surface area (Å²) in [7, 11) is 0. The Morgan fingerprint density at radius 1 is 1.21 bits per heavy atom. The second-order valence-electron chi connectivity index (χ2n) is 6.59. The fourth-order valence-electron chi connectivity index (χ4n) is 2.84. The Labute approximate surface area is 188 Å². The first-order valence-corrected chi connectivity index (χ1v) is 11.0. The lowest BCUT2D eigenvalue weighted by atomic mass is 10.1. The van der Waals surface area contributed by atoms with Gasteiger partial charge >= 0.3 is 0 Å². The quantitative estimate of drug-likeness (QED) is 0.450. The molecule has 3 rings (SSSR count). The van der Waals surface area contributed by atoms with E-state index < -0.39 is 0 Å². The maximum atomic E-state index is 12.6. The van der Waals surface area contributed by atoms with Gasteiger partial charge in [-0.1, -0.05) is 45.8 Å². The van der Waals surface area contributed by atoms with Gasteiger partial charge in [-0.2, -0.15) is 0 Å². The Bertz CT molecular complexity index is 1010. The lowest BCUT2D eigenvalue weighted by Gasteiger charge is -2.16. The number of thiocarbonyl (C=S) groups is 1. The molecule has 0 aliphatic carbocycles. The third-order valence-electron chi connectivity index (χ3n) is 4.27. The molecule has 0 aromatic heterocycles. The molecule has 0 unspecified atom stereocenters. The maximum absolute atomic E-state index is 12.6. The summed E-state index contributed by atoms with van der Waals surface area (Å²) in [4.78, 5) is 26.5. The number of amides is 2. The highest BCUT2D eigenvalue weighted by Gasteiger charge is 2.34. The topological polar surface area (TPSA) is 61.4 Å². The first kappa shape index (κ1) is 21.5. The molecular weight excluding hydrogens is 470 g/mol. The fourth-order valence-corrected chi connectivity index (χ4v) is 4.34. The summed E-state index contributed by atoms with van der Waals surface area (Å²) >= 11 is 9.68. The Balaban J connectivity index is 1.54. The van der Waals surface area contributed by atoms with E-state index in [4.69, 9.17) is 12.2 Å². The molecule has 1 aliphatic heterocycles. The van der Waals surface area contributed by atoms with E-state index >= 15 is 0 Å². The maximum Gasteiger partial charge on any atom is 0.293 e. The number of aryl methyl sites for hydroxylation is 2. The summed E-state index contributed by atoms with van der Waals surface area (Å²) in [5, 5.41) is 6.38. The van der Waals surface area contributed by atoms with Gasteiger partial charge in [0.2, 0.25) is 0 Å². The molecule has 0 saturated carbocycles. The molecule has 0 radical (unpaired) electrons. The van der Waals surface area contributed by atoms with Crippen molar-refractivity contribution in [3.63, 3.8) is 0 Å². The number of rotatable bonds is 5. The molecule has 5 nitrogen and oxygen atoms in total. The smallest absolute Gasteiger partial charge is 0.293 e. The van der Waals surface area contributed by atoms with Gasteiger partial charge < -0.3 is 10.6 Å². The average Bonchev–Trinajstić information content (AvgIpc) is 2.91. The molecule has 2 amide bonds. The molecule has 8 heteroatoms. The first-order valence-electron chi connectivity index (χ1n) is 8.96. The number of thioether (sulfide) groups is 1. The Morgan fingerprint density at radius 3 is 2.72 bits per heavy atom. The zero-order chi connectivity index (χ0) is 21.0. The molecule has 2 aromatic carbocycles. The molecule has 1 saturated heterocycles. The van der Waals surface area contributed by atoms with Crippen LogP contribution in [-0.2, 0) is 4.79 Å². The van der Waals surface area contributed by atoms with Crippen LogP contribution in [0.3, 0.4) is 0 Å². The van der Waals surface area contributed by atoms with Crippen LogP contribution < -0.4 is 10.6 Å². The predicted octanol–water partition coefficient (Wildman–Crippen LogP) is 5.09. The largest absolute Gasteiger partial charge is 0.361 e. The summed E-state index contributed by atoms with van der Waals surface area (Å²) in [6.45, 7) is 4.67. The van der Waals surface area contributed by atoms with Crippen molar-refractivity contribution < 1.29 is 9.59 Å². The van der Waals surface area contributed by atoms with Crippen molar-refractivity contribution in [1.82, 2.24) is 10.2 Å². The van der Waals surface area contributed by atoms with E-state index in [9.17, 15) is 9.59 Å². The summed E-state index contributed by atoms with van der Waals surface area (Å²) in [5.41, 5.74) is 4.07. The highest BCUT2D eigenvalue weighted by atomic mass is 79.9. The highest BCUT2D eigenvalue weighted by molar-refractivity contribution is 9.10. The molecule has 0 atom stereocenters. The molecule has 1 fully saturated rings. The van der Waals surface area contributed by atoms with E-state index in [0.717, 1.165) is 33.0 Å². The zero-order valence-corrected chi connectivity index (χ0v) is 19.2. The van der Waals surface area contributed by atoms with Crippen LogP contribution in [0.5, 0.6) is 0 Å². The number of anilines is 1. The minimum atomic E-state index is -0.282. The minimum absolute atomic E-state index is 0.245. The van der Waals surface area contributed by atoms with Gasteiger partial charge in [0.25, 0.3) is 11.1 Å². The number of halogens is 1. The molecule has 0 bridgehead atoms. The number of nitrogens with one attached hydrogen (secondary N) is 2. The molecule has 150 valence electrons. The van der Waals surface area contributed by atoms with Crippen molar-refractivity contribution in [3.05, 3.63) is 68.5 Å². The zero-order valence-electron chi connectivity index (χ0n) is 16.0. The van der Waals surface area contributed by atoms with E-state index in [2.05, 4.69) is 32.6 Å². The molecule has 2 N–H and O–H groups in total. The number of nitrogens with zero attached hydrogens (tertiary/aromatic N) is 1. The number of carbonyl (C=O) groups excluding carboxylic acids is 2. The second-order valence-corrected chi connectivity index (χ2v) is 8.90. The Kier molecular flexibility index (Phi) is 7.10. The van der Waals surface area contributed by atoms with Crippen molar-refractivity contribution in [2.45, 2.75) is 13.8 Å². The lowest BCUT2D eigenvalue weighted by Crippen LogP contribution is -2.38. The summed E-state index contributed by atoms with van der Waals surface area (Å²) < 4.78 is 0.916. The third-order valence-corrected chi connectivity index (χ3v) is 5.92. The van der Waals surface area contributed by atoms with Crippen molar-refractivity contribution in [2.75, 3.05) is 18.4 Å². The van der Waals surface area contributed by atoms with Crippen molar-refractivity contribution in [3.8, 4) is 0 Å². The lowest BCUT2D eigenvalue weighted by molar-refractivity contribution is -0.122. The first-order chi connectivity index (χ1) is 13.8. The van der Waals surface area contributed by atoms with Gasteiger partial charge in [-0.05, 0) is 73.2 Å². The second kappa shape index (κ2) is 9.56. The number of carbonyl (C=O) groups is 2. The van der Waals surface area contributed by atoms with Gasteiger partial charge in [-0.15, -0.1) is 0 Å². The molecule has 1 aliphatic rings. The van der Waals surface area contributed by atoms with Gasteiger partial charge in [-0.3, -0.25) is 14.5 Å². The number of hydrogen-bond acceptors (Lipinski definition) is 4. The predicted molar refractivity (Wildman–Crippen MR) is 127 cm³/mol. The van der Waals surface area contributed by atoms with Crippen molar-refractivity contribution >= 4 is 67.9 Å². The van der Waals surface area contributed by atoms with Crippen LogP contribution in [0.1, 0.15) is 16.7 Å². The molecule has 1 heterocycles. The SMILES string of the molecule is Cc1ccc(NC(=S)NCCN2C(=O)S/C(=C\c3cccc(Br)c3)C2=O)c(C)c1. The highest BCUT2D eigenvalue weighted by Crippen LogP contribution is 2.32. The molecule has 29 heavy (non-hydrogen) atoms. The van der Waals surface area contributed by atoms with E-state index in [1.165, 1.54) is 10.5 Å². The van der Waals surface area contributed by atoms with Gasteiger partial charge in [0.15, 0.2) is 5.11 Å². The van der Waals surface area contributed by atoms with Crippen LogP contribution in [0.15, 0.2) is 51.8 Å². The van der Waals surface area contributed by atoms with Crippen LogP contribution in [0, 0.1) is 13.8 Å². The standard InChI is InChI=1S/C21H20BrN3O2S2/c1-13-6-7-17(14(2)10-13)24-20(28)23-8-9-25-19(26)18(29-21(25)27)12-15-4-3-5-16(22)11-15/h3-7,10-12H,8-9H2,1-2H3,(H2,23,24,28)/b18-12-. The normalized spacial score (nSPS) is 15.1. The molecule has 2 aromatic rings. The van der Waals surface area contributed by atoms with Crippen LogP contribution in [-0.4, -0.2) is 34.2 Å². The van der Waals surface area contributed by atoms with E-state index in [1.807, 2.05) is 50.2 Å². The van der Waals surface area contributed by atoms with Gasteiger partial charge in [-0.25, -0.2) is 0 Å². The van der Waals surface area contributed by atoms with Crippen LogP contribution >= 0.6 is 39.9 Å². The van der Waals surface area contributed by atoms with Crippen molar-refractivity contribution in [2.24, 2.45) is 0 Å². The van der Waals surface area contributed by atoms with Crippen LogP contribution in [0.2, 0.25) is 0 Å².